The summed E-state index contributed by atoms with van der Waals surface area (Å²) in [5.74, 6) is 0. The lowest BCUT2D eigenvalue weighted by atomic mass is 10.1. The second-order valence-corrected chi connectivity index (χ2v) is 6.61. The Balaban J connectivity index is 3.27. The predicted octanol–water partition coefficient (Wildman–Crippen LogP) is 1.74. The number of nitrogens with two attached hydrogens (primary N) is 1. The normalized spacial score (nSPS) is 13.9. The van der Waals surface area contributed by atoms with Crippen LogP contribution in [0.4, 0.5) is 0 Å². The van der Waals surface area contributed by atoms with Crippen LogP contribution in [0, 0.1) is 0 Å². The molecule has 5 heteroatoms. The Bertz CT molecular complexity index is 454. The molecule has 1 rings (SSSR count). The molecule has 3 nitrogen and oxygen atoms in total. The van der Waals surface area contributed by atoms with E-state index in [1.807, 2.05) is 6.92 Å². The van der Waals surface area contributed by atoms with E-state index in [0.29, 0.717) is 11.3 Å². The van der Waals surface area contributed by atoms with Crippen molar-refractivity contribution in [1.82, 2.24) is 0 Å². The zero-order valence-corrected chi connectivity index (χ0v) is 11.1. The SMILES string of the molecule is CC(N)Cc1cc(Br)ccc1S(C)(=O)=O. The van der Waals surface area contributed by atoms with Crippen molar-refractivity contribution in [2.24, 2.45) is 5.73 Å². The van der Waals surface area contributed by atoms with Gasteiger partial charge in [0.05, 0.1) is 4.90 Å². The number of sulfone groups is 1. The van der Waals surface area contributed by atoms with Crippen LogP contribution in [-0.2, 0) is 16.3 Å². The van der Waals surface area contributed by atoms with Crippen LogP contribution in [0.2, 0.25) is 0 Å². The van der Waals surface area contributed by atoms with E-state index in [1.165, 1.54) is 6.26 Å². The van der Waals surface area contributed by atoms with Gasteiger partial charge < -0.3 is 5.73 Å². The molecular weight excluding hydrogens is 278 g/mol. The molecule has 2 N–H and O–H groups in total. The van der Waals surface area contributed by atoms with Crippen molar-refractivity contribution in [2.75, 3.05) is 6.26 Å². The highest BCUT2D eigenvalue weighted by molar-refractivity contribution is 9.10. The van der Waals surface area contributed by atoms with E-state index < -0.39 is 9.84 Å². The second-order valence-electron chi connectivity index (χ2n) is 3.71. The van der Waals surface area contributed by atoms with Gasteiger partial charge >= 0.3 is 0 Å². The van der Waals surface area contributed by atoms with Gasteiger partial charge in [-0.15, -0.1) is 0 Å². The molecule has 1 aromatic rings. The quantitative estimate of drug-likeness (QED) is 0.923. The van der Waals surface area contributed by atoms with Gasteiger partial charge in [-0.2, -0.15) is 0 Å². The maximum Gasteiger partial charge on any atom is 0.175 e. The number of benzene rings is 1. The Morgan fingerprint density at radius 3 is 2.53 bits per heavy atom. The van der Waals surface area contributed by atoms with Crippen molar-refractivity contribution in [2.45, 2.75) is 24.3 Å². The minimum Gasteiger partial charge on any atom is -0.328 e. The maximum absolute atomic E-state index is 11.5. The van der Waals surface area contributed by atoms with Crippen molar-refractivity contribution >= 4 is 25.8 Å². The minimum atomic E-state index is -3.17. The third-order valence-corrected chi connectivity index (χ3v) is 3.65. The first-order chi connectivity index (χ1) is 6.80. The third-order valence-electron chi connectivity index (χ3n) is 1.96. The second kappa shape index (κ2) is 4.63. The molecule has 0 fully saturated rings. The van der Waals surface area contributed by atoms with Gasteiger partial charge in [-0.25, -0.2) is 8.42 Å². The first-order valence-corrected chi connectivity index (χ1v) is 7.23. The summed E-state index contributed by atoms with van der Waals surface area (Å²) in [6.07, 6.45) is 1.77. The maximum atomic E-state index is 11.5. The van der Waals surface area contributed by atoms with Crippen molar-refractivity contribution in [1.29, 1.82) is 0 Å². The Morgan fingerprint density at radius 1 is 1.47 bits per heavy atom. The fourth-order valence-corrected chi connectivity index (χ4v) is 2.76. The Hall–Kier alpha value is -0.390. The van der Waals surface area contributed by atoms with Crippen LogP contribution in [-0.4, -0.2) is 20.7 Å². The van der Waals surface area contributed by atoms with Gasteiger partial charge in [-0.1, -0.05) is 15.9 Å². The first-order valence-electron chi connectivity index (χ1n) is 4.55. The summed E-state index contributed by atoms with van der Waals surface area (Å²) in [6, 6.07) is 5.08. The molecule has 1 atom stereocenters. The molecule has 1 aromatic carbocycles. The summed E-state index contributed by atoms with van der Waals surface area (Å²) in [5.41, 5.74) is 6.44. The molecular formula is C10H14BrNO2S. The smallest absolute Gasteiger partial charge is 0.175 e. The lowest BCUT2D eigenvalue weighted by Gasteiger charge is -2.10. The van der Waals surface area contributed by atoms with E-state index in [-0.39, 0.29) is 6.04 Å². The molecule has 0 aliphatic carbocycles. The van der Waals surface area contributed by atoms with Crippen LogP contribution in [0.25, 0.3) is 0 Å². The standard InChI is InChI=1S/C10H14BrNO2S/c1-7(12)5-8-6-9(11)3-4-10(8)15(2,13)14/h3-4,6-7H,5,12H2,1-2H3. The van der Waals surface area contributed by atoms with E-state index in [9.17, 15) is 8.42 Å². The highest BCUT2D eigenvalue weighted by atomic mass is 79.9. The molecule has 84 valence electrons. The van der Waals surface area contributed by atoms with Gasteiger partial charge in [0.15, 0.2) is 9.84 Å². The summed E-state index contributed by atoms with van der Waals surface area (Å²) in [4.78, 5) is 0.364. The van der Waals surface area contributed by atoms with Gasteiger partial charge in [0, 0.05) is 16.8 Å². The summed E-state index contributed by atoms with van der Waals surface area (Å²) in [7, 11) is -3.17. The molecule has 0 heterocycles. The zero-order chi connectivity index (χ0) is 11.6. The summed E-state index contributed by atoms with van der Waals surface area (Å²) in [6.45, 7) is 1.85. The van der Waals surface area contributed by atoms with E-state index in [0.717, 1.165) is 10.0 Å². The Morgan fingerprint density at radius 2 is 2.07 bits per heavy atom. The molecule has 0 aromatic heterocycles. The van der Waals surface area contributed by atoms with Crippen LogP contribution >= 0.6 is 15.9 Å². The van der Waals surface area contributed by atoms with Crippen molar-refractivity contribution in [3.05, 3.63) is 28.2 Å². The van der Waals surface area contributed by atoms with Gasteiger partial charge in [0.2, 0.25) is 0 Å². The van der Waals surface area contributed by atoms with Crippen molar-refractivity contribution in [3.63, 3.8) is 0 Å². The fraction of sp³-hybridized carbons (Fsp3) is 0.400. The van der Waals surface area contributed by atoms with Crippen LogP contribution in [0.3, 0.4) is 0 Å². The molecule has 0 spiro atoms. The Kier molecular flexibility index (Phi) is 3.92. The predicted molar refractivity (Wildman–Crippen MR) is 64.6 cm³/mol. The highest BCUT2D eigenvalue weighted by Crippen LogP contribution is 2.21. The summed E-state index contributed by atoms with van der Waals surface area (Å²) in [5, 5.41) is 0. The highest BCUT2D eigenvalue weighted by Gasteiger charge is 2.14. The molecule has 0 saturated heterocycles. The summed E-state index contributed by atoms with van der Waals surface area (Å²) < 4.78 is 23.8. The lowest BCUT2D eigenvalue weighted by molar-refractivity contribution is 0.599. The van der Waals surface area contributed by atoms with Gasteiger partial charge in [-0.3, -0.25) is 0 Å². The number of hydrogen-bond acceptors (Lipinski definition) is 3. The van der Waals surface area contributed by atoms with Gasteiger partial charge in [-0.05, 0) is 37.1 Å². The van der Waals surface area contributed by atoms with Gasteiger partial charge in [0.25, 0.3) is 0 Å². The molecule has 0 radical (unpaired) electrons. The molecule has 0 bridgehead atoms. The lowest BCUT2D eigenvalue weighted by Crippen LogP contribution is -2.19. The van der Waals surface area contributed by atoms with E-state index in [1.54, 1.807) is 18.2 Å². The van der Waals surface area contributed by atoms with E-state index >= 15 is 0 Å². The zero-order valence-electron chi connectivity index (χ0n) is 8.70. The topological polar surface area (TPSA) is 60.2 Å². The molecule has 0 aliphatic heterocycles. The molecule has 0 amide bonds. The van der Waals surface area contributed by atoms with Crippen molar-refractivity contribution in [3.8, 4) is 0 Å². The molecule has 0 aliphatic rings. The van der Waals surface area contributed by atoms with Crippen molar-refractivity contribution < 1.29 is 8.42 Å². The molecule has 15 heavy (non-hydrogen) atoms. The van der Waals surface area contributed by atoms with Crippen LogP contribution in [0.15, 0.2) is 27.6 Å². The number of rotatable bonds is 3. The van der Waals surface area contributed by atoms with Crippen LogP contribution in [0.1, 0.15) is 12.5 Å². The monoisotopic (exact) mass is 291 g/mol. The van der Waals surface area contributed by atoms with Gasteiger partial charge in [0.1, 0.15) is 0 Å². The summed E-state index contributed by atoms with van der Waals surface area (Å²) >= 11 is 3.32. The van der Waals surface area contributed by atoms with Crippen LogP contribution in [0.5, 0.6) is 0 Å². The first kappa shape index (κ1) is 12.7. The number of halogens is 1. The average Bonchev–Trinajstić information content (AvgIpc) is 1.99. The van der Waals surface area contributed by atoms with Crippen LogP contribution < -0.4 is 5.73 Å². The molecule has 0 saturated carbocycles. The fourth-order valence-electron chi connectivity index (χ4n) is 1.42. The average molecular weight is 292 g/mol. The Labute approximate surface area is 98.7 Å². The number of hydrogen-bond donors (Lipinski definition) is 1. The molecule has 1 unspecified atom stereocenters. The van der Waals surface area contributed by atoms with E-state index in [4.69, 9.17) is 5.73 Å². The largest absolute Gasteiger partial charge is 0.328 e. The van der Waals surface area contributed by atoms with E-state index in [2.05, 4.69) is 15.9 Å². The minimum absolute atomic E-state index is 0.0557. The third kappa shape index (κ3) is 3.59.